The molecule has 4 atom stereocenters. The second-order valence-electron chi connectivity index (χ2n) is 6.92. The van der Waals surface area contributed by atoms with Gasteiger partial charge in [-0.25, -0.2) is 4.90 Å². The number of imide groups is 1. The number of allylic oxidation sites excluding steroid dienone is 2. The fourth-order valence-corrected chi connectivity index (χ4v) is 4.76. The summed E-state index contributed by atoms with van der Waals surface area (Å²) < 4.78 is 0. The number of nitro benzene ring substituents is 1. The number of carbonyl (C=O) groups is 2. The molecule has 5 rings (SSSR count). The lowest BCUT2D eigenvalue weighted by molar-refractivity contribution is -0.383. The predicted octanol–water partition coefficient (Wildman–Crippen LogP) is 3.06. The van der Waals surface area contributed by atoms with Gasteiger partial charge in [0.25, 0.3) is 5.69 Å². The molecule has 0 spiro atoms. The number of fused-ring (bicyclic) bond motifs is 6. The number of nitro groups is 1. The number of amides is 2. The molecule has 2 aromatic rings. The van der Waals surface area contributed by atoms with Crippen molar-refractivity contribution in [3.8, 4) is 0 Å². The van der Waals surface area contributed by atoms with Crippen LogP contribution in [0, 0.1) is 33.8 Å². The van der Waals surface area contributed by atoms with Gasteiger partial charge in [-0.05, 0) is 30.4 Å². The highest BCUT2D eigenvalue weighted by Crippen LogP contribution is 2.53. The molecule has 2 aromatic carbocycles. The summed E-state index contributed by atoms with van der Waals surface area (Å²) in [5.41, 5.74) is 0.422. The zero-order chi connectivity index (χ0) is 17.3. The lowest BCUT2D eigenvalue weighted by atomic mass is 9.85. The standard InChI is InChI=1S/C19H14N2O4/c22-18-16-10-5-6-11(9-10)17(16)19(23)20(18)14-7-8-15(21(24)25)13-4-2-1-3-12(13)14/h1-8,10-11,16-17H,9H2/t10-,11-,16-,17+/m1/s1. The summed E-state index contributed by atoms with van der Waals surface area (Å²) in [5.74, 6) is -0.633. The summed E-state index contributed by atoms with van der Waals surface area (Å²) in [4.78, 5) is 38.1. The van der Waals surface area contributed by atoms with Gasteiger partial charge in [0, 0.05) is 11.5 Å². The quantitative estimate of drug-likeness (QED) is 0.366. The molecule has 0 radical (unpaired) electrons. The molecule has 25 heavy (non-hydrogen) atoms. The number of benzene rings is 2. The number of carbonyl (C=O) groups excluding carboxylic acids is 2. The maximum atomic E-state index is 13.0. The number of anilines is 1. The molecule has 0 unspecified atom stereocenters. The van der Waals surface area contributed by atoms with Crippen LogP contribution in [-0.4, -0.2) is 16.7 Å². The van der Waals surface area contributed by atoms with Crippen LogP contribution in [0.5, 0.6) is 0 Å². The number of nitrogens with zero attached hydrogens (tertiary/aromatic N) is 2. The molecule has 2 aliphatic carbocycles. The Morgan fingerprint density at radius 3 is 2.12 bits per heavy atom. The average molecular weight is 334 g/mol. The molecule has 124 valence electrons. The van der Waals surface area contributed by atoms with E-state index in [2.05, 4.69) is 12.2 Å². The van der Waals surface area contributed by atoms with Gasteiger partial charge in [-0.3, -0.25) is 19.7 Å². The molecule has 0 N–H and O–H groups in total. The molecular formula is C19H14N2O4. The first-order valence-corrected chi connectivity index (χ1v) is 8.30. The van der Waals surface area contributed by atoms with Gasteiger partial charge in [-0.15, -0.1) is 0 Å². The van der Waals surface area contributed by atoms with Gasteiger partial charge in [0.15, 0.2) is 0 Å². The molecule has 2 bridgehead atoms. The minimum atomic E-state index is -0.446. The summed E-state index contributed by atoms with van der Waals surface area (Å²) in [6.45, 7) is 0. The van der Waals surface area contributed by atoms with E-state index < -0.39 is 4.92 Å². The second kappa shape index (κ2) is 4.75. The predicted molar refractivity (Wildman–Crippen MR) is 90.8 cm³/mol. The van der Waals surface area contributed by atoms with Crippen molar-refractivity contribution in [2.75, 3.05) is 4.90 Å². The fourth-order valence-electron chi connectivity index (χ4n) is 4.76. The Labute approximate surface area is 142 Å². The minimum absolute atomic E-state index is 0.0274. The van der Waals surface area contributed by atoms with Crippen LogP contribution < -0.4 is 4.90 Å². The summed E-state index contributed by atoms with van der Waals surface area (Å²) in [7, 11) is 0. The Balaban J connectivity index is 1.68. The normalized spacial score (nSPS) is 29.7. The van der Waals surface area contributed by atoms with Crippen molar-refractivity contribution in [3.05, 3.63) is 58.7 Å². The minimum Gasteiger partial charge on any atom is -0.274 e. The number of rotatable bonds is 2. The number of hydrogen-bond donors (Lipinski definition) is 0. The van der Waals surface area contributed by atoms with E-state index in [9.17, 15) is 19.7 Å². The van der Waals surface area contributed by atoms with Gasteiger partial charge in [0.05, 0.1) is 27.8 Å². The van der Waals surface area contributed by atoms with Crippen LogP contribution in [0.15, 0.2) is 48.6 Å². The lowest BCUT2D eigenvalue weighted by Crippen LogP contribution is -2.33. The second-order valence-corrected chi connectivity index (χ2v) is 6.92. The average Bonchev–Trinajstić information content (AvgIpc) is 3.28. The van der Waals surface area contributed by atoms with Crippen molar-refractivity contribution in [2.45, 2.75) is 6.42 Å². The van der Waals surface area contributed by atoms with E-state index in [0.29, 0.717) is 16.5 Å². The van der Waals surface area contributed by atoms with Crippen LogP contribution in [0.3, 0.4) is 0 Å². The van der Waals surface area contributed by atoms with E-state index in [0.717, 1.165) is 6.42 Å². The lowest BCUT2D eigenvalue weighted by Gasteiger charge is -2.19. The Hall–Kier alpha value is -3.02. The zero-order valence-corrected chi connectivity index (χ0v) is 13.2. The molecule has 1 heterocycles. The van der Waals surface area contributed by atoms with Crippen molar-refractivity contribution >= 4 is 34.0 Å². The highest BCUT2D eigenvalue weighted by atomic mass is 16.6. The number of hydrogen-bond acceptors (Lipinski definition) is 4. The smallest absolute Gasteiger partial charge is 0.274 e. The SMILES string of the molecule is O=C1[C@@H]2[C@H](C(=O)N1c1ccc([N+](=O)[O-])c3ccccc13)[C@@H]1C=C[C@@H]2C1. The fraction of sp³-hybridized carbons (Fsp3) is 0.263. The van der Waals surface area contributed by atoms with Gasteiger partial charge in [-0.1, -0.05) is 30.4 Å². The van der Waals surface area contributed by atoms with Gasteiger partial charge < -0.3 is 0 Å². The molecule has 6 heteroatoms. The van der Waals surface area contributed by atoms with E-state index in [1.165, 1.54) is 17.0 Å². The van der Waals surface area contributed by atoms with Crippen molar-refractivity contribution < 1.29 is 14.5 Å². The first kappa shape index (κ1) is 14.3. The summed E-state index contributed by atoms with van der Waals surface area (Å²) in [6.07, 6.45) is 4.98. The van der Waals surface area contributed by atoms with E-state index in [-0.39, 0.29) is 41.2 Å². The van der Waals surface area contributed by atoms with Crippen LogP contribution in [0.2, 0.25) is 0 Å². The van der Waals surface area contributed by atoms with Gasteiger partial charge >= 0.3 is 0 Å². The molecule has 2 amide bonds. The molecule has 1 saturated heterocycles. The molecule has 1 aliphatic heterocycles. The summed E-state index contributed by atoms with van der Waals surface area (Å²) >= 11 is 0. The monoisotopic (exact) mass is 334 g/mol. The molecule has 1 saturated carbocycles. The van der Waals surface area contributed by atoms with Crippen LogP contribution in [0.25, 0.3) is 10.8 Å². The third kappa shape index (κ3) is 1.74. The van der Waals surface area contributed by atoms with Crippen LogP contribution in [0.4, 0.5) is 11.4 Å². The summed E-state index contributed by atoms with van der Waals surface area (Å²) in [5, 5.41) is 12.3. The molecule has 6 nitrogen and oxygen atoms in total. The van der Waals surface area contributed by atoms with E-state index in [1.807, 2.05) is 0 Å². The summed E-state index contributed by atoms with van der Waals surface area (Å²) in [6, 6.07) is 9.73. The maximum Gasteiger partial charge on any atom is 0.277 e. The largest absolute Gasteiger partial charge is 0.277 e. The third-order valence-electron chi connectivity index (χ3n) is 5.79. The highest BCUT2D eigenvalue weighted by Gasteiger charge is 2.59. The van der Waals surface area contributed by atoms with Crippen molar-refractivity contribution in [1.29, 1.82) is 0 Å². The van der Waals surface area contributed by atoms with E-state index >= 15 is 0 Å². The maximum absolute atomic E-state index is 13.0. The number of non-ortho nitro benzene ring substituents is 1. The first-order valence-electron chi connectivity index (χ1n) is 8.30. The Kier molecular flexibility index (Phi) is 2.72. The van der Waals surface area contributed by atoms with Gasteiger partial charge in [0.1, 0.15) is 0 Å². The molecule has 0 aromatic heterocycles. The van der Waals surface area contributed by atoms with Crippen LogP contribution >= 0.6 is 0 Å². The molecular weight excluding hydrogens is 320 g/mol. The van der Waals surface area contributed by atoms with Crippen LogP contribution in [0.1, 0.15) is 6.42 Å². The van der Waals surface area contributed by atoms with Crippen molar-refractivity contribution in [2.24, 2.45) is 23.7 Å². The van der Waals surface area contributed by atoms with Gasteiger partial charge in [-0.2, -0.15) is 0 Å². The molecule has 3 aliphatic rings. The topological polar surface area (TPSA) is 80.5 Å². The van der Waals surface area contributed by atoms with Crippen molar-refractivity contribution in [1.82, 2.24) is 0 Å². The molecule has 2 fully saturated rings. The Morgan fingerprint density at radius 1 is 0.920 bits per heavy atom. The van der Waals surface area contributed by atoms with Crippen molar-refractivity contribution in [3.63, 3.8) is 0 Å². The first-order chi connectivity index (χ1) is 12.1. The third-order valence-corrected chi connectivity index (χ3v) is 5.79. The van der Waals surface area contributed by atoms with Gasteiger partial charge in [0.2, 0.25) is 11.8 Å². The van der Waals surface area contributed by atoms with E-state index in [4.69, 9.17) is 0 Å². The van der Waals surface area contributed by atoms with Crippen LogP contribution in [-0.2, 0) is 9.59 Å². The Bertz CT molecular complexity index is 966. The zero-order valence-electron chi connectivity index (χ0n) is 13.2. The highest BCUT2D eigenvalue weighted by molar-refractivity contribution is 6.26. The van der Waals surface area contributed by atoms with E-state index in [1.54, 1.807) is 24.3 Å². The Morgan fingerprint density at radius 2 is 1.52 bits per heavy atom.